The Hall–Kier alpha value is -2.93. The second-order valence-corrected chi connectivity index (χ2v) is 9.23. The van der Waals surface area contributed by atoms with Gasteiger partial charge < -0.3 is 20.9 Å². The molecule has 32 heavy (non-hydrogen) atoms. The largest absolute Gasteiger partial charge is 0.362 e. The summed E-state index contributed by atoms with van der Waals surface area (Å²) in [7, 11) is 4.04. The lowest BCUT2D eigenvalue weighted by molar-refractivity contribution is 0.387. The van der Waals surface area contributed by atoms with E-state index < -0.39 is 0 Å². The summed E-state index contributed by atoms with van der Waals surface area (Å²) in [5, 5.41) is 12.2. The third-order valence-electron chi connectivity index (χ3n) is 6.26. The number of nitrogens with one attached hydrogen (secondary N) is 3. The first-order valence-corrected chi connectivity index (χ1v) is 11.7. The Morgan fingerprint density at radius 2 is 1.66 bits per heavy atom. The Kier molecular flexibility index (Phi) is 6.74. The monoisotopic (exact) mass is 448 g/mol. The van der Waals surface area contributed by atoms with Crippen LogP contribution in [-0.4, -0.2) is 41.3 Å². The van der Waals surface area contributed by atoms with Crippen LogP contribution in [0.25, 0.3) is 10.9 Å². The van der Waals surface area contributed by atoms with Crippen molar-refractivity contribution in [3.05, 3.63) is 53.6 Å². The van der Waals surface area contributed by atoms with Gasteiger partial charge in [-0.25, -0.2) is 4.98 Å². The molecule has 2 aromatic carbocycles. The van der Waals surface area contributed by atoms with Crippen LogP contribution in [0.4, 0.5) is 17.5 Å². The molecule has 168 valence electrons. The first-order valence-electron chi connectivity index (χ1n) is 11.2. The average molecular weight is 449 g/mol. The number of para-hydroxylation sites is 1. The van der Waals surface area contributed by atoms with Gasteiger partial charge in [-0.05, 0) is 81.1 Å². The molecule has 6 nitrogen and oxygen atoms in total. The molecule has 0 atom stereocenters. The molecule has 0 spiro atoms. The summed E-state index contributed by atoms with van der Waals surface area (Å²) in [4.78, 5) is 11.6. The Balaban J connectivity index is 1.33. The van der Waals surface area contributed by atoms with Crippen LogP contribution in [0, 0.1) is 13.8 Å². The number of benzene rings is 2. The maximum absolute atomic E-state index is 5.58. The van der Waals surface area contributed by atoms with Crippen LogP contribution in [0.15, 0.2) is 42.5 Å². The van der Waals surface area contributed by atoms with E-state index in [0.29, 0.717) is 23.1 Å². The Morgan fingerprint density at radius 3 is 2.41 bits per heavy atom. The lowest BCUT2D eigenvalue weighted by atomic mass is 9.91. The van der Waals surface area contributed by atoms with E-state index in [1.807, 2.05) is 37.2 Å². The van der Waals surface area contributed by atoms with Gasteiger partial charge in [0.15, 0.2) is 5.11 Å². The van der Waals surface area contributed by atoms with Gasteiger partial charge in [-0.3, -0.25) is 0 Å². The Bertz CT molecular complexity index is 1100. The maximum atomic E-state index is 5.58. The smallest absolute Gasteiger partial charge is 0.225 e. The van der Waals surface area contributed by atoms with Gasteiger partial charge in [0.1, 0.15) is 5.82 Å². The molecule has 1 saturated carbocycles. The minimum atomic E-state index is 0.366. The third-order valence-corrected chi connectivity index (χ3v) is 6.48. The van der Waals surface area contributed by atoms with Gasteiger partial charge in [-0.2, -0.15) is 4.98 Å². The van der Waals surface area contributed by atoms with E-state index in [0.717, 1.165) is 48.1 Å². The Morgan fingerprint density at radius 1 is 0.938 bits per heavy atom. The number of anilines is 3. The molecule has 3 aromatic rings. The lowest BCUT2D eigenvalue weighted by Gasteiger charge is -2.30. The zero-order valence-electron chi connectivity index (χ0n) is 19.3. The van der Waals surface area contributed by atoms with Gasteiger partial charge in [0.2, 0.25) is 5.95 Å². The van der Waals surface area contributed by atoms with E-state index in [-0.39, 0.29) is 0 Å². The van der Waals surface area contributed by atoms with Crippen LogP contribution in [-0.2, 0) is 0 Å². The van der Waals surface area contributed by atoms with Gasteiger partial charge in [0.05, 0.1) is 5.52 Å². The van der Waals surface area contributed by atoms with Crippen molar-refractivity contribution in [3.63, 3.8) is 0 Å². The first kappa shape index (κ1) is 22.3. The zero-order chi connectivity index (χ0) is 22.7. The lowest BCUT2D eigenvalue weighted by Crippen LogP contribution is -2.42. The number of hydrogen-bond donors (Lipinski definition) is 3. The highest BCUT2D eigenvalue weighted by molar-refractivity contribution is 7.80. The Labute approximate surface area is 195 Å². The molecule has 1 aliphatic rings. The normalized spacial score (nSPS) is 18.2. The van der Waals surface area contributed by atoms with Gasteiger partial charge in [0.25, 0.3) is 0 Å². The highest BCUT2D eigenvalue weighted by Crippen LogP contribution is 2.26. The standard InChI is InChI=1S/C25H32N6S/c1-16-8-7-11-21(17(16)2)29-25(32)27-19-14-12-18(13-15-19)26-24-28-22-10-6-5-9-20(22)23(30-24)31(3)4/h5-11,18-19H,12-15H2,1-4H3,(H,26,28,30)(H2,27,29,32)/t18-,19+. The molecule has 1 fully saturated rings. The molecule has 1 heterocycles. The molecule has 0 saturated heterocycles. The van der Waals surface area contributed by atoms with Crippen LogP contribution >= 0.6 is 12.2 Å². The molecule has 7 heteroatoms. The van der Waals surface area contributed by atoms with Crippen molar-refractivity contribution in [2.75, 3.05) is 29.6 Å². The molecule has 0 bridgehead atoms. The molecule has 0 aliphatic heterocycles. The van der Waals surface area contributed by atoms with Crippen LogP contribution in [0.3, 0.4) is 0 Å². The number of aromatic nitrogens is 2. The quantitative estimate of drug-likeness (QED) is 0.474. The average Bonchev–Trinajstić information content (AvgIpc) is 2.77. The fraction of sp³-hybridized carbons (Fsp3) is 0.400. The summed E-state index contributed by atoms with van der Waals surface area (Å²) in [6, 6.07) is 15.2. The summed E-state index contributed by atoms with van der Waals surface area (Å²) in [5.74, 6) is 1.65. The van der Waals surface area contributed by atoms with Crippen molar-refractivity contribution in [2.24, 2.45) is 0 Å². The van der Waals surface area contributed by atoms with Crippen LogP contribution in [0.2, 0.25) is 0 Å². The fourth-order valence-corrected chi connectivity index (χ4v) is 4.54. The molecule has 0 radical (unpaired) electrons. The van der Waals surface area contributed by atoms with Crippen LogP contribution < -0.4 is 20.9 Å². The summed E-state index contributed by atoms with van der Waals surface area (Å²) < 4.78 is 0. The fourth-order valence-electron chi connectivity index (χ4n) is 4.26. The van der Waals surface area contributed by atoms with E-state index in [4.69, 9.17) is 22.2 Å². The second kappa shape index (κ2) is 9.69. The zero-order valence-corrected chi connectivity index (χ0v) is 20.1. The number of nitrogens with zero attached hydrogens (tertiary/aromatic N) is 3. The van der Waals surface area contributed by atoms with Crippen molar-refractivity contribution in [2.45, 2.75) is 51.6 Å². The number of thiocarbonyl (C=S) groups is 1. The van der Waals surface area contributed by atoms with Crippen molar-refractivity contribution >= 4 is 45.7 Å². The first-order chi connectivity index (χ1) is 15.4. The topological polar surface area (TPSA) is 65.1 Å². The minimum absolute atomic E-state index is 0.366. The number of aryl methyl sites for hydroxylation is 1. The highest BCUT2D eigenvalue weighted by Gasteiger charge is 2.23. The molecule has 4 rings (SSSR count). The molecule has 1 aliphatic carbocycles. The highest BCUT2D eigenvalue weighted by atomic mass is 32.1. The van der Waals surface area contributed by atoms with E-state index in [2.05, 4.69) is 54.1 Å². The second-order valence-electron chi connectivity index (χ2n) is 8.82. The molecule has 1 aromatic heterocycles. The third kappa shape index (κ3) is 5.10. The maximum Gasteiger partial charge on any atom is 0.225 e. The summed E-state index contributed by atoms with van der Waals surface area (Å²) in [6.07, 6.45) is 4.22. The number of rotatable bonds is 5. The van der Waals surface area contributed by atoms with Crippen LogP contribution in [0.1, 0.15) is 36.8 Å². The molecule has 3 N–H and O–H groups in total. The van der Waals surface area contributed by atoms with Crippen molar-refractivity contribution in [1.82, 2.24) is 15.3 Å². The van der Waals surface area contributed by atoms with Gasteiger partial charge in [0, 0.05) is 37.3 Å². The SMILES string of the molecule is Cc1cccc(NC(=S)N[C@H]2CC[C@@H](Nc3nc(N(C)C)c4ccccc4n3)CC2)c1C. The molecule has 0 unspecified atom stereocenters. The summed E-state index contributed by atoms with van der Waals surface area (Å²) >= 11 is 5.58. The van der Waals surface area contributed by atoms with Crippen molar-refractivity contribution < 1.29 is 0 Å². The van der Waals surface area contributed by atoms with E-state index in [1.165, 1.54) is 11.1 Å². The van der Waals surface area contributed by atoms with Crippen molar-refractivity contribution in [1.29, 1.82) is 0 Å². The predicted octanol–water partition coefficient (Wildman–Crippen LogP) is 5.02. The molecule has 0 amide bonds. The van der Waals surface area contributed by atoms with Crippen LogP contribution in [0.5, 0.6) is 0 Å². The van der Waals surface area contributed by atoms with E-state index in [9.17, 15) is 0 Å². The number of hydrogen-bond acceptors (Lipinski definition) is 5. The molecular formula is C25H32N6S. The van der Waals surface area contributed by atoms with E-state index >= 15 is 0 Å². The molecular weight excluding hydrogens is 416 g/mol. The van der Waals surface area contributed by atoms with Gasteiger partial charge in [-0.1, -0.05) is 24.3 Å². The predicted molar refractivity (Wildman–Crippen MR) is 139 cm³/mol. The summed E-state index contributed by atoms with van der Waals surface area (Å²) in [6.45, 7) is 4.24. The van der Waals surface area contributed by atoms with Gasteiger partial charge in [-0.15, -0.1) is 0 Å². The van der Waals surface area contributed by atoms with Gasteiger partial charge >= 0.3 is 0 Å². The minimum Gasteiger partial charge on any atom is -0.362 e. The number of fused-ring (bicyclic) bond motifs is 1. The van der Waals surface area contributed by atoms with Crippen molar-refractivity contribution in [3.8, 4) is 0 Å². The summed E-state index contributed by atoms with van der Waals surface area (Å²) in [5.41, 5.74) is 4.53. The van der Waals surface area contributed by atoms with E-state index in [1.54, 1.807) is 0 Å².